The molecule has 1 aliphatic heterocycles. The maximum atomic E-state index is 12.0. The van der Waals surface area contributed by atoms with Crippen molar-refractivity contribution in [1.29, 1.82) is 0 Å². The molecule has 2 saturated carbocycles. The van der Waals surface area contributed by atoms with E-state index in [0.717, 1.165) is 25.9 Å². The Bertz CT molecular complexity index is 483. The molecule has 1 aromatic heterocycles. The molecule has 3 atom stereocenters. The van der Waals surface area contributed by atoms with Gasteiger partial charge >= 0.3 is 12.0 Å². The lowest BCUT2D eigenvalue weighted by molar-refractivity contribution is -0.171. The quantitative estimate of drug-likeness (QED) is 0.852. The smallest absolute Gasteiger partial charge is 0.323 e. The third kappa shape index (κ3) is 1.52. The molecule has 1 spiro atoms. The van der Waals surface area contributed by atoms with E-state index in [2.05, 4.69) is 15.6 Å². The first-order chi connectivity index (χ1) is 9.29. The minimum absolute atomic E-state index is 0.203. The molecular formula is C13H17N3O3. The highest BCUT2D eigenvalue weighted by atomic mass is 16.5. The lowest BCUT2D eigenvalue weighted by Crippen LogP contribution is -2.72. The van der Waals surface area contributed by atoms with Crippen LogP contribution in [0.4, 0.5) is 10.8 Å². The van der Waals surface area contributed by atoms with Crippen molar-refractivity contribution in [2.45, 2.75) is 37.8 Å². The molecule has 0 unspecified atom stereocenters. The standard InChI is InChI=1S/C13H17N3O3/c17-11(16-12-14-5-7-19-12)15-9-8-2-6-18-10(8)13(9)3-1-4-13/h5,7-10H,1-4,6H2,(H2,14,15,16,17)/t8-,9+,10-/m0/s1. The number of rotatable bonds is 2. The van der Waals surface area contributed by atoms with Gasteiger partial charge in [0.05, 0.1) is 12.3 Å². The molecule has 2 heterocycles. The summed E-state index contributed by atoms with van der Waals surface area (Å²) in [5.74, 6) is 0.482. The molecule has 2 aliphatic carbocycles. The van der Waals surface area contributed by atoms with Gasteiger partial charge in [-0.2, -0.15) is 0 Å². The van der Waals surface area contributed by atoms with Crippen LogP contribution in [0, 0.1) is 11.3 Å². The van der Waals surface area contributed by atoms with Crippen LogP contribution in [0.2, 0.25) is 0 Å². The Kier molecular flexibility index (Phi) is 2.35. The molecule has 1 aromatic rings. The molecule has 0 radical (unpaired) electrons. The van der Waals surface area contributed by atoms with E-state index in [1.807, 2.05) is 0 Å². The number of hydrogen-bond acceptors (Lipinski definition) is 4. The predicted octanol–water partition coefficient (Wildman–Crippen LogP) is 1.75. The predicted molar refractivity (Wildman–Crippen MR) is 66.6 cm³/mol. The van der Waals surface area contributed by atoms with Crippen molar-refractivity contribution in [2.75, 3.05) is 11.9 Å². The number of fused-ring (bicyclic) bond motifs is 2. The van der Waals surface area contributed by atoms with Gasteiger partial charge in [0.2, 0.25) is 0 Å². The number of anilines is 1. The summed E-state index contributed by atoms with van der Waals surface area (Å²) < 4.78 is 10.8. The van der Waals surface area contributed by atoms with E-state index >= 15 is 0 Å². The summed E-state index contributed by atoms with van der Waals surface area (Å²) in [5.41, 5.74) is 0.203. The summed E-state index contributed by atoms with van der Waals surface area (Å²) in [6.45, 7) is 0.830. The van der Waals surface area contributed by atoms with Gasteiger partial charge in [-0.15, -0.1) is 0 Å². The topological polar surface area (TPSA) is 76.4 Å². The normalized spacial score (nSPS) is 34.2. The minimum Gasteiger partial charge on any atom is -0.432 e. The van der Waals surface area contributed by atoms with Crippen LogP contribution in [0.3, 0.4) is 0 Å². The van der Waals surface area contributed by atoms with E-state index in [1.165, 1.54) is 18.9 Å². The van der Waals surface area contributed by atoms with Gasteiger partial charge in [0.15, 0.2) is 0 Å². The van der Waals surface area contributed by atoms with Crippen molar-refractivity contribution in [3.63, 3.8) is 0 Å². The SMILES string of the molecule is O=C(Nc1ncco1)N[C@@H]1[C@@H]2CCO[C@@H]2C12CCC2. The fourth-order valence-corrected chi connectivity index (χ4v) is 4.02. The van der Waals surface area contributed by atoms with E-state index in [0.29, 0.717) is 12.0 Å². The number of aromatic nitrogens is 1. The lowest BCUT2D eigenvalue weighted by Gasteiger charge is -2.63. The van der Waals surface area contributed by atoms with Crippen molar-refractivity contribution in [1.82, 2.24) is 10.3 Å². The Morgan fingerprint density at radius 3 is 3.05 bits per heavy atom. The first kappa shape index (κ1) is 11.3. The van der Waals surface area contributed by atoms with Crippen LogP contribution < -0.4 is 10.6 Å². The largest absolute Gasteiger partial charge is 0.432 e. The molecule has 4 rings (SSSR count). The average molecular weight is 263 g/mol. The van der Waals surface area contributed by atoms with Gasteiger partial charge in [0, 0.05) is 24.0 Å². The number of carbonyl (C=O) groups is 1. The average Bonchev–Trinajstić information content (AvgIpc) is 2.94. The molecule has 2 amide bonds. The van der Waals surface area contributed by atoms with Crippen molar-refractivity contribution in [3.05, 3.63) is 12.5 Å². The van der Waals surface area contributed by atoms with Gasteiger partial charge < -0.3 is 14.5 Å². The van der Waals surface area contributed by atoms with E-state index in [1.54, 1.807) is 0 Å². The highest BCUT2D eigenvalue weighted by Crippen LogP contribution is 2.62. The Morgan fingerprint density at radius 2 is 2.37 bits per heavy atom. The number of nitrogens with zero attached hydrogens (tertiary/aromatic N) is 1. The van der Waals surface area contributed by atoms with Gasteiger partial charge in [-0.05, 0) is 19.3 Å². The maximum absolute atomic E-state index is 12.0. The number of carbonyl (C=O) groups excluding carboxylic acids is 1. The molecule has 0 bridgehead atoms. The molecule has 6 heteroatoms. The second-order valence-corrected chi connectivity index (χ2v) is 5.74. The molecule has 3 aliphatic rings. The van der Waals surface area contributed by atoms with E-state index in [-0.39, 0.29) is 23.5 Å². The summed E-state index contributed by atoms with van der Waals surface area (Å²) in [7, 11) is 0. The zero-order valence-electron chi connectivity index (χ0n) is 10.6. The fourth-order valence-electron chi connectivity index (χ4n) is 4.02. The zero-order valence-corrected chi connectivity index (χ0v) is 10.6. The van der Waals surface area contributed by atoms with Gasteiger partial charge in [0.1, 0.15) is 6.26 Å². The van der Waals surface area contributed by atoms with Crippen LogP contribution in [-0.4, -0.2) is 29.8 Å². The van der Waals surface area contributed by atoms with Crippen LogP contribution in [0.1, 0.15) is 25.7 Å². The Hall–Kier alpha value is -1.56. The molecule has 102 valence electrons. The first-order valence-corrected chi connectivity index (χ1v) is 6.88. The van der Waals surface area contributed by atoms with Crippen molar-refractivity contribution >= 4 is 12.0 Å². The second-order valence-electron chi connectivity index (χ2n) is 5.74. The summed E-state index contributed by atoms with van der Waals surface area (Å²) in [5, 5.41) is 5.71. The van der Waals surface area contributed by atoms with E-state index in [9.17, 15) is 4.79 Å². The van der Waals surface area contributed by atoms with Crippen LogP contribution in [0.25, 0.3) is 0 Å². The van der Waals surface area contributed by atoms with Gasteiger partial charge in [-0.25, -0.2) is 9.78 Å². The third-order valence-electron chi connectivity index (χ3n) is 4.98. The maximum Gasteiger partial charge on any atom is 0.323 e. The number of nitrogens with one attached hydrogen (secondary N) is 2. The molecule has 2 N–H and O–H groups in total. The van der Waals surface area contributed by atoms with Gasteiger partial charge in [-0.3, -0.25) is 5.32 Å². The first-order valence-electron chi connectivity index (χ1n) is 6.88. The highest BCUT2D eigenvalue weighted by Gasteiger charge is 2.66. The number of ether oxygens (including phenoxy) is 1. The minimum atomic E-state index is -0.232. The summed E-state index contributed by atoms with van der Waals surface area (Å²) in [6.07, 6.45) is 7.94. The summed E-state index contributed by atoms with van der Waals surface area (Å²) in [4.78, 5) is 15.8. The highest BCUT2D eigenvalue weighted by molar-refractivity contribution is 5.87. The van der Waals surface area contributed by atoms with Crippen LogP contribution in [0.5, 0.6) is 0 Å². The van der Waals surface area contributed by atoms with Crippen LogP contribution >= 0.6 is 0 Å². The number of amides is 2. The van der Waals surface area contributed by atoms with E-state index < -0.39 is 0 Å². The number of hydrogen-bond donors (Lipinski definition) is 2. The van der Waals surface area contributed by atoms with Crippen LogP contribution in [0.15, 0.2) is 16.9 Å². The molecule has 0 aromatic carbocycles. The Balaban J connectivity index is 1.43. The van der Waals surface area contributed by atoms with Crippen LogP contribution in [-0.2, 0) is 4.74 Å². The van der Waals surface area contributed by atoms with Crippen molar-refractivity contribution < 1.29 is 13.9 Å². The van der Waals surface area contributed by atoms with Crippen molar-refractivity contribution in [2.24, 2.45) is 11.3 Å². The Labute approximate surface area is 110 Å². The number of urea groups is 1. The monoisotopic (exact) mass is 263 g/mol. The Morgan fingerprint density at radius 1 is 1.47 bits per heavy atom. The fraction of sp³-hybridized carbons (Fsp3) is 0.692. The summed E-state index contributed by atoms with van der Waals surface area (Å²) >= 11 is 0. The second kappa shape index (κ2) is 3.96. The van der Waals surface area contributed by atoms with Gasteiger partial charge in [-0.1, -0.05) is 6.42 Å². The summed E-state index contributed by atoms with van der Waals surface area (Å²) in [6, 6.07) is 0.242. The molecule has 3 fully saturated rings. The zero-order chi connectivity index (χ0) is 12.9. The molecule has 6 nitrogen and oxygen atoms in total. The molecule has 19 heavy (non-hydrogen) atoms. The molecule has 1 saturated heterocycles. The number of oxazole rings is 1. The van der Waals surface area contributed by atoms with Gasteiger partial charge in [0.25, 0.3) is 0 Å². The lowest BCUT2D eigenvalue weighted by atomic mass is 9.46. The van der Waals surface area contributed by atoms with E-state index in [4.69, 9.17) is 9.15 Å². The van der Waals surface area contributed by atoms with Crippen molar-refractivity contribution in [3.8, 4) is 0 Å². The third-order valence-corrected chi connectivity index (χ3v) is 4.98. The molecular weight excluding hydrogens is 246 g/mol.